The number of piperidine rings is 1. The SMILES string of the molecule is CCc1cccc(-c2c(Cl)cccc2C(O)(CCCNC(=O)OC)[C@@H]2CCCN(C(=O)c3ccc(CN(C)C(=O)OC(C)(C)C)cc3C#N)C2)c1. The molecule has 0 spiro atoms. The number of hydrogen-bond acceptors (Lipinski definition) is 7. The largest absolute Gasteiger partial charge is 0.453 e. The first kappa shape index (κ1) is 39.2. The molecular formula is C40H49ClN4O6. The van der Waals surface area contributed by atoms with Gasteiger partial charge in [0.2, 0.25) is 0 Å². The second-order valence-corrected chi connectivity index (χ2v) is 14.5. The number of halogens is 1. The summed E-state index contributed by atoms with van der Waals surface area (Å²) in [4.78, 5) is 41.5. The Morgan fingerprint density at radius 2 is 1.84 bits per heavy atom. The third-order valence-corrected chi connectivity index (χ3v) is 9.55. The highest BCUT2D eigenvalue weighted by molar-refractivity contribution is 6.33. The number of rotatable bonds is 11. The number of likely N-dealkylation sites (tertiary alicyclic amines) is 1. The van der Waals surface area contributed by atoms with E-state index >= 15 is 0 Å². The van der Waals surface area contributed by atoms with Gasteiger partial charge in [0.1, 0.15) is 5.60 Å². The average Bonchev–Trinajstić information content (AvgIpc) is 3.12. The molecule has 3 amide bonds. The molecule has 2 N–H and O–H groups in total. The van der Waals surface area contributed by atoms with Crippen molar-refractivity contribution in [1.29, 1.82) is 5.26 Å². The predicted molar refractivity (Wildman–Crippen MR) is 197 cm³/mol. The van der Waals surface area contributed by atoms with Gasteiger partial charge in [-0.2, -0.15) is 5.26 Å². The van der Waals surface area contributed by atoms with Crippen molar-refractivity contribution in [2.75, 3.05) is 33.8 Å². The van der Waals surface area contributed by atoms with Gasteiger partial charge in [0.05, 0.1) is 29.9 Å². The highest BCUT2D eigenvalue weighted by Gasteiger charge is 2.43. The quantitative estimate of drug-likeness (QED) is 0.195. The summed E-state index contributed by atoms with van der Waals surface area (Å²) >= 11 is 6.90. The molecule has 272 valence electrons. The number of amides is 3. The molecule has 1 saturated heterocycles. The lowest BCUT2D eigenvalue weighted by molar-refractivity contribution is -0.0563. The number of aryl methyl sites for hydroxylation is 1. The molecular weight excluding hydrogens is 668 g/mol. The maximum absolute atomic E-state index is 14.1. The summed E-state index contributed by atoms with van der Waals surface area (Å²) in [5, 5.41) is 26.2. The van der Waals surface area contributed by atoms with Gasteiger partial charge in [0.15, 0.2) is 0 Å². The Morgan fingerprint density at radius 1 is 1.10 bits per heavy atom. The molecule has 0 bridgehead atoms. The Balaban J connectivity index is 1.65. The molecule has 51 heavy (non-hydrogen) atoms. The van der Waals surface area contributed by atoms with Gasteiger partial charge in [0.25, 0.3) is 5.91 Å². The number of carbonyl (C=O) groups excluding carboxylic acids is 3. The molecule has 0 aromatic heterocycles. The van der Waals surface area contributed by atoms with Crippen LogP contribution in [0.15, 0.2) is 60.7 Å². The average molecular weight is 717 g/mol. The predicted octanol–water partition coefficient (Wildman–Crippen LogP) is 7.68. The molecule has 3 aromatic carbocycles. The van der Waals surface area contributed by atoms with Gasteiger partial charge in [-0.05, 0) is 93.3 Å². The van der Waals surface area contributed by atoms with Crippen molar-refractivity contribution in [3.8, 4) is 17.2 Å². The van der Waals surface area contributed by atoms with E-state index in [4.69, 9.17) is 21.1 Å². The third kappa shape index (κ3) is 9.81. The number of nitriles is 1. The second-order valence-electron chi connectivity index (χ2n) is 14.1. The molecule has 11 heteroatoms. The molecule has 0 saturated carbocycles. The minimum absolute atomic E-state index is 0.199. The van der Waals surface area contributed by atoms with Gasteiger partial charge in [-0.1, -0.05) is 61.0 Å². The zero-order valence-electron chi connectivity index (χ0n) is 30.4. The Bertz CT molecular complexity index is 1770. The van der Waals surface area contributed by atoms with Crippen molar-refractivity contribution in [3.05, 3.63) is 93.5 Å². The molecule has 0 aliphatic carbocycles. The lowest BCUT2D eigenvalue weighted by Gasteiger charge is -2.44. The van der Waals surface area contributed by atoms with E-state index in [-0.39, 0.29) is 49.0 Å². The monoisotopic (exact) mass is 716 g/mol. The van der Waals surface area contributed by atoms with Crippen molar-refractivity contribution in [2.24, 2.45) is 5.92 Å². The molecule has 1 heterocycles. The number of methoxy groups -OCH3 is 1. The molecule has 0 radical (unpaired) electrons. The molecule has 1 fully saturated rings. The van der Waals surface area contributed by atoms with E-state index < -0.39 is 23.4 Å². The summed E-state index contributed by atoms with van der Waals surface area (Å²) in [5.74, 6) is -0.688. The highest BCUT2D eigenvalue weighted by Crippen LogP contribution is 2.46. The fourth-order valence-electron chi connectivity index (χ4n) is 6.67. The van der Waals surface area contributed by atoms with Gasteiger partial charge in [0, 0.05) is 49.7 Å². The van der Waals surface area contributed by atoms with Gasteiger partial charge in [-0.25, -0.2) is 9.59 Å². The number of hydrogen-bond donors (Lipinski definition) is 2. The van der Waals surface area contributed by atoms with E-state index in [0.29, 0.717) is 42.0 Å². The van der Waals surface area contributed by atoms with Crippen LogP contribution in [0.3, 0.4) is 0 Å². The fourth-order valence-corrected chi connectivity index (χ4v) is 6.96. The van der Waals surface area contributed by atoms with Crippen LogP contribution in [0.5, 0.6) is 0 Å². The standard InChI is InChI=1S/C40H49ClN4O6/c1-7-27-12-8-13-29(22-27)35-33(15-9-16-34(35)41)40(49,19-11-20-43-37(47)50-6)31-14-10-21-45(26-31)36(46)32-18-17-28(23-30(32)24-42)25-44(5)38(48)51-39(2,3)4/h8-9,12-13,15-18,22-23,31,49H,7,10-11,14,19-21,25-26H2,1-6H3,(H,43,47)/t31-,40?/m1/s1. The minimum Gasteiger partial charge on any atom is -0.453 e. The Morgan fingerprint density at radius 3 is 2.53 bits per heavy atom. The molecule has 1 aliphatic rings. The number of aliphatic hydroxyl groups is 1. The number of nitrogens with zero attached hydrogens (tertiary/aromatic N) is 3. The Hall–Kier alpha value is -4.59. The first-order valence-electron chi connectivity index (χ1n) is 17.4. The van der Waals surface area contributed by atoms with Gasteiger partial charge >= 0.3 is 12.2 Å². The lowest BCUT2D eigenvalue weighted by atomic mass is 9.72. The topological polar surface area (TPSA) is 132 Å². The van der Waals surface area contributed by atoms with E-state index in [0.717, 1.165) is 23.1 Å². The third-order valence-electron chi connectivity index (χ3n) is 9.24. The van der Waals surface area contributed by atoms with Crippen molar-refractivity contribution in [2.45, 2.75) is 77.5 Å². The summed E-state index contributed by atoms with van der Waals surface area (Å²) in [6, 6.07) is 20.8. The zero-order chi connectivity index (χ0) is 37.3. The van der Waals surface area contributed by atoms with Crippen LogP contribution in [0, 0.1) is 17.2 Å². The van der Waals surface area contributed by atoms with Crippen molar-refractivity contribution in [1.82, 2.24) is 15.1 Å². The molecule has 4 rings (SSSR count). The molecule has 1 unspecified atom stereocenters. The number of ether oxygens (including phenoxy) is 2. The van der Waals surface area contributed by atoms with E-state index in [9.17, 15) is 24.8 Å². The number of alkyl carbamates (subject to hydrolysis) is 1. The smallest absolute Gasteiger partial charge is 0.410 e. The normalized spacial score (nSPS) is 15.7. The second kappa shape index (κ2) is 17.1. The van der Waals surface area contributed by atoms with Crippen molar-refractivity contribution in [3.63, 3.8) is 0 Å². The zero-order valence-corrected chi connectivity index (χ0v) is 31.2. The van der Waals surface area contributed by atoms with Crippen LogP contribution >= 0.6 is 11.6 Å². The Labute approximate surface area is 306 Å². The van der Waals surface area contributed by atoms with Crippen LogP contribution in [-0.2, 0) is 28.0 Å². The maximum Gasteiger partial charge on any atom is 0.410 e. The van der Waals surface area contributed by atoms with E-state index in [1.54, 1.807) is 50.9 Å². The maximum atomic E-state index is 14.1. The van der Waals surface area contributed by atoms with Crippen LogP contribution < -0.4 is 5.32 Å². The van der Waals surface area contributed by atoms with Crippen LogP contribution in [0.25, 0.3) is 11.1 Å². The number of benzene rings is 3. The molecule has 2 atom stereocenters. The van der Waals surface area contributed by atoms with Crippen molar-refractivity contribution < 1.29 is 29.0 Å². The lowest BCUT2D eigenvalue weighted by Crippen LogP contribution is -2.48. The van der Waals surface area contributed by atoms with E-state index in [1.807, 2.05) is 30.3 Å². The number of carbonyl (C=O) groups is 3. The van der Waals surface area contributed by atoms with Gasteiger partial charge < -0.3 is 29.7 Å². The van der Waals surface area contributed by atoms with Gasteiger partial charge in [-0.15, -0.1) is 0 Å². The van der Waals surface area contributed by atoms with Gasteiger partial charge in [-0.3, -0.25) is 4.79 Å². The summed E-state index contributed by atoms with van der Waals surface area (Å²) in [6.07, 6.45) is 1.80. The first-order chi connectivity index (χ1) is 24.2. The van der Waals surface area contributed by atoms with Crippen molar-refractivity contribution >= 4 is 29.7 Å². The first-order valence-corrected chi connectivity index (χ1v) is 17.8. The summed E-state index contributed by atoms with van der Waals surface area (Å²) in [5.41, 5.74) is 2.50. The molecule has 3 aromatic rings. The molecule has 10 nitrogen and oxygen atoms in total. The Kier molecular flexibility index (Phi) is 13.1. The summed E-state index contributed by atoms with van der Waals surface area (Å²) < 4.78 is 10.2. The summed E-state index contributed by atoms with van der Waals surface area (Å²) in [6.45, 7) is 8.65. The minimum atomic E-state index is -1.42. The van der Waals surface area contributed by atoms with Crippen LogP contribution in [0.4, 0.5) is 9.59 Å². The highest BCUT2D eigenvalue weighted by atomic mass is 35.5. The van der Waals surface area contributed by atoms with Crippen LogP contribution in [0.1, 0.15) is 86.0 Å². The van der Waals surface area contributed by atoms with E-state index in [2.05, 4.69) is 30.4 Å². The summed E-state index contributed by atoms with van der Waals surface area (Å²) in [7, 11) is 2.92. The number of nitrogens with one attached hydrogen (secondary N) is 1. The van der Waals surface area contributed by atoms with Crippen LogP contribution in [0.2, 0.25) is 5.02 Å². The molecule has 1 aliphatic heterocycles. The van der Waals surface area contributed by atoms with E-state index in [1.165, 1.54) is 12.0 Å². The fraction of sp³-hybridized carbons (Fsp3) is 0.450. The van der Waals surface area contributed by atoms with Crippen LogP contribution in [-0.4, -0.2) is 72.4 Å².